The van der Waals surface area contributed by atoms with E-state index < -0.39 is 6.36 Å². The molecule has 19 heavy (non-hydrogen) atoms. The summed E-state index contributed by atoms with van der Waals surface area (Å²) < 4.78 is 45.5. The van der Waals surface area contributed by atoms with Crippen molar-refractivity contribution in [3.05, 3.63) is 28.2 Å². The minimum atomic E-state index is -4.68. The van der Waals surface area contributed by atoms with Crippen LogP contribution >= 0.6 is 15.9 Å². The molecule has 1 aromatic carbocycles. The highest BCUT2D eigenvalue weighted by atomic mass is 79.9. The number of hydrogen-bond donors (Lipinski definition) is 1. The molecule has 0 aliphatic rings. The standard InChI is InChI=1S/C12H15BrF3NO2/c1-2-18-6-5-17-8-9-3-4-11(10(13)7-9)19-12(14,15)16/h3-4,7,17H,2,5-6,8H2,1H3. The Morgan fingerprint density at radius 2 is 2.05 bits per heavy atom. The number of hydrogen-bond acceptors (Lipinski definition) is 3. The van der Waals surface area contributed by atoms with Gasteiger partial charge < -0.3 is 14.8 Å². The molecule has 0 aromatic heterocycles. The number of benzene rings is 1. The molecule has 0 saturated carbocycles. The maximum atomic E-state index is 12.1. The quantitative estimate of drug-likeness (QED) is 0.770. The van der Waals surface area contributed by atoms with E-state index in [0.717, 1.165) is 5.56 Å². The largest absolute Gasteiger partial charge is 0.573 e. The fraction of sp³-hybridized carbons (Fsp3) is 0.500. The van der Waals surface area contributed by atoms with E-state index in [-0.39, 0.29) is 10.2 Å². The third-order valence-electron chi connectivity index (χ3n) is 2.18. The van der Waals surface area contributed by atoms with Gasteiger partial charge >= 0.3 is 6.36 Å². The third-order valence-corrected chi connectivity index (χ3v) is 2.80. The Morgan fingerprint density at radius 3 is 2.63 bits per heavy atom. The van der Waals surface area contributed by atoms with E-state index >= 15 is 0 Å². The fourth-order valence-corrected chi connectivity index (χ4v) is 1.89. The van der Waals surface area contributed by atoms with Gasteiger partial charge in [-0.05, 0) is 40.5 Å². The molecule has 0 aliphatic carbocycles. The van der Waals surface area contributed by atoms with E-state index in [4.69, 9.17) is 4.74 Å². The third kappa shape index (κ3) is 6.79. The second kappa shape index (κ2) is 7.72. The molecule has 0 bridgehead atoms. The lowest BCUT2D eigenvalue weighted by atomic mass is 10.2. The average Bonchev–Trinajstić information content (AvgIpc) is 2.31. The molecule has 0 spiro atoms. The van der Waals surface area contributed by atoms with Crippen LogP contribution < -0.4 is 10.1 Å². The van der Waals surface area contributed by atoms with Crippen LogP contribution in [0.5, 0.6) is 5.75 Å². The summed E-state index contributed by atoms with van der Waals surface area (Å²) in [4.78, 5) is 0. The smallest absolute Gasteiger partial charge is 0.405 e. The Balaban J connectivity index is 2.47. The monoisotopic (exact) mass is 341 g/mol. The number of rotatable bonds is 7. The molecular weight excluding hydrogens is 327 g/mol. The molecule has 1 N–H and O–H groups in total. The molecule has 0 fully saturated rings. The lowest BCUT2D eigenvalue weighted by Gasteiger charge is -2.12. The normalized spacial score (nSPS) is 11.6. The van der Waals surface area contributed by atoms with Crippen molar-refractivity contribution in [3.8, 4) is 5.75 Å². The van der Waals surface area contributed by atoms with Crippen LogP contribution in [0.1, 0.15) is 12.5 Å². The summed E-state index contributed by atoms with van der Waals surface area (Å²) in [5.74, 6) is -0.245. The second-order valence-electron chi connectivity index (χ2n) is 3.69. The summed E-state index contributed by atoms with van der Waals surface area (Å²) >= 11 is 3.06. The molecule has 3 nitrogen and oxygen atoms in total. The van der Waals surface area contributed by atoms with Crippen molar-refractivity contribution in [1.82, 2.24) is 5.32 Å². The lowest BCUT2D eigenvalue weighted by molar-refractivity contribution is -0.274. The summed E-state index contributed by atoms with van der Waals surface area (Å²) in [6, 6.07) is 4.46. The number of halogens is 4. The van der Waals surface area contributed by atoms with Gasteiger partial charge in [-0.1, -0.05) is 6.07 Å². The zero-order valence-corrected chi connectivity index (χ0v) is 12.0. The molecule has 0 saturated heterocycles. The first-order chi connectivity index (χ1) is 8.92. The van der Waals surface area contributed by atoms with Gasteiger partial charge in [-0.15, -0.1) is 13.2 Å². The first kappa shape index (κ1) is 16.3. The van der Waals surface area contributed by atoms with Crippen LogP contribution in [0.15, 0.2) is 22.7 Å². The molecular formula is C12H15BrF3NO2. The highest BCUT2D eigenvalue weighted by Crippen LogP contribution is 2.30. The van der Waals surface area contributed by atoms with Crippen LogP contribution in [-0.4, -0.2) is 26.1 Å². The first-order valence-corrected chi connectivity index (χ1v) is 6.54. The van der Waals surface area contributed by atoms with E-state index in [1.165, 1.54) is 6.07 Å². The predicted molar refractivity (Wildman–Crippen MR) is 69.0 cm³/mol. The van der Waals surface area contributed by atoms with Crippen LogP contribution in [0.3, 0.4) is 0 Å². The summed E-state index contributed by atoms with van der Waals surface area (Å²) in [5.41, 5.74) is 0.859. The summed E-state index contributed by atoms with van der Waals surface area (Å²) in [5, 5.41) is 3.12. The Kier molecular flexibility index (Phi) is 6.60. The summed E-state index contributed by atoms with van der Waals surface area (Å²) in [6.07, 6.45) is -4.68. The number of alkyl halides is 3. The zero-order chi connectivity index (χ0) is 14.3. The molecule has 0 heterocycles. The van der Waals surface area contributed by atoms with Gasteiger partial charge in [0.25, 0.3) is 0 Å². The van der Waals surface area contributed by atoms with Crippen molar-refractivity contribution in [2.24, 2.45) is 0 Å². The number of ether oxygens (including phenoxy) is 2. The van der Waals surface area contributed by atoms with Gasteiger partial charge in [0.2, 0.25) is 0 Å². The van der Waals surface area contributed by atoms with Gasteiger partial charge in [0, 0.05) is 19.7 Å². The van der Waals surface area contributed by atoms with Crippen molar-refractivity contribution >= 4 is 15.9 Å². The molecule has 1 aromatic rings. The Bertz CT molecular complexity index is 399. The Hall–Kier alpha value is -0.790. The van der Waals surface area contributed by atoms with Gasteiger partial charge in [-0.3, -0.25) is 0 Å². The predicted octanol–water partition coefficient (Wildman–Crippen LogP) is 3.47. The summed E-state index contributed by atoms with van der Waals surface area (Å²) in [6.45, 7) is 4.42. The topological polar surface area (TPSA) is 30.5 Å². The van der Waals surface area contributed by atoms with Crippen molar-refractivity contribution in [3.63, 3.8) is 0 Å². The summed E-state index contributed by atoms with van der Waals surface area (Å²) in [7, 11) is 0. The van der Waals surface area contributed by atoms with Gasteiger partial charge in [0.15, 0.2) is 0 Å². The minimum Gasteiger partial charge on any atom is -0.405 e. The van der Waals surface area contributed by atoms with Gasteiger partial charge in [-0.25, -0.2) is 0 Å². The van der Waals surface area contributed by atoms with Crippen molar-refractivity contribution in [2.75, 3.05) is 19.8 Å². The van der Waals surface area contributed by atoms with Crippen LogP contribution in [0.4, 0.5) is 13.2 Å². The highest BCUT2D eigenvalue weighted by molar-refractivity contribution is 9.10. The van der Waals surface area contributed by atoms with Crippen LogP contribution in [0.2, 0.25) is 0 Å². The van der Waals surface area contributed by atoms with Crippen LogP contribution in [0, 0.1) is 0 Å². The van der Waals surface area contributed by atoms with Crippen molar-refractivity contribution in [2.45, 2.75) is 19.8 Å². The van der Waals surface area contributed by atoms with Gasteiger partial charge in [0.1, 0.15) is 5.75 Å². The van der Waals surface area contributed by atoms with Crippen molar-refractivity contribution in [1.29, 1.82) is 0 Å². The molecule has 108 valence electrons. The van der Waals surface area contributed by atoms with E-state index in [9.17, 15) is 13.2 Å². The van der Waals surface area contributed by atoms with Crippen molar-refractivity contribution < 1.29 is 22.6 Å². The van der Waals surface area contributed by atoms with E-state index in [1.54, 1.807) is 12.1 Å². The van der Waals surface area contributed by atoms with Crippen LogP contribution in [-0.2, 0) is 11.3 Å². The lowest BCUT2D eigenvalue weighted by Crippen LogP contribution is -2.19. The second-order valence-corrected chi connectivity index (χ2v) is 4.54. The fourth-order valence-electron chi connectivity index (χ4n) is 1.38. The van der Waals surface area contributed by atoms with Gasteiger partial charge in [0.05, 0.1) is 11.1 Å². The molecule has 0 amide bonds. The first-order valence-electron chi connectivity index (χ1n) is 5.75. The Labute approximate surface area is 118 Å². The van der Waals surface area contributed by atoms with Crippen LogP contribution in [0.25, 0.3) is 0 Å². The molecule has 1 rings (SSSR count). The molecule has 0 unspecified atom stereocenters. The minimum absolute atomic E-state index is 0.245. The number of nitrogens with one attached hydrogen (secondary N) is 1. The Morgan fingerprint density at radius 1 is 1.32 bits per heavy atom. The van der Waals surface area contributed by atoms with E-state index in [1.807, 2.05) is 6.92 Å². The highest BCUT2D eigenvalue weighted by Gasteiger charge is 2.31. The molecule has 0 radical (unpaired) electrons. The maximum absolute atomic E-state index is 12.1. The van der Waals surface area contributed by atoms with Gasteiger partial charge in [-0.2, -0.15) is 0 Å². The SMILES string of the molecule is CCOCCNCc1ccc(OC(F)(F)F)c(Br)c1. The van der Waals surface area contributed by atoms with E-state index in [0.29, 0.717) is 26.3 Å². The molecule has 0 atom stereocenters. The molecule has 0 aliphatic heterocycles. The maximum Gasteiger partial charge on any atom is 0.573 e. The zero-order valence-electron chi connectivity index (χ0n) is 10.4. The van der Waals surface area contributed by atoms with E-state index in [2.05, 4.69) is 26.0 Å². The molecule has 7 heteroatoms. The average molecular weight is 342 g/mol.